The summed E-state index contributed by atoms with van der Waals surface area (Å²) >= 11 is 8.10. The number of hydrogen-bond acceptors (Lipinski definition) is 3. The maximum absolute atomic E-state index is 12.0. The molecular weight excluding hydrogens is 386 g/mol. The van der Waals surface area contributed by atoms with Gasteiger partial charge in [0.2, 0.25) is 0 Å². The van der Waals surface area contributed by atoms with Crippen LogP contribution in [0.15, 0.2) is 13.6 Å². The molecule has 1 aromatic heterocycles. The molecule has 2 unspecified atom stereocenters. The van der Waals surface area contributed by atoms with E-state index < -0.39 is 5.97 Å². The summed E-state index contributed by atoms with van der Waals surface area (Å²) in [7, 11) is 0. The van der Waals surface area contributed by atoms with Crippen molar-refractivity contribution >= 4 is 55.1 Å². The Kier molecular flexibility index (Phi) is 4.45. The Morgan fingerprint density at radius 3 is 2.61 bits per heavy atom. The van der Waals surface area contributed by atoms with E-state index in [4.69, 9.17) is 5.11 Å². The van der Waals surface area contributed by atoms with Crippen molar-refractivity contribution in [2.45, 2.75) is 25.3 Å². The van der Waals surface area contributed by atoms with Crippen LogP contribution in [0.2, 0.25) is 0 Å². The smallest absolute Gasteiger partial charge is 0.306 e. The molecule has 0 aromatic carbocycles. The summed E-state index contributed by atoms with van der Waals surface area (Å²) in [6.07, 6.45) is 1.88. The first-order valence-electron chi connectivity index (χ1n) is 5.46. The zero-order valence-electron chi connectivity index (χ0n) is 9.28. The quantitative estimate of drug-likeness (QED) is 0.823. The van der Waals surface area contributed by atoms with Gasteiger partial charge in [0.05, 0.1) is 19.1 Å². The van der Waals surface area contributed by atoms with Crippen molar-refractivity contribution in [3.05, 3.63) is 19.2 Å². The summed E-state index contributed by atoms with van der Waals surface area (Å²) in [5, 5.41) is 11.8. The van der Waals surface area contributed by atoms with Crippen molar-refractivity contribution in [3.8, 4) is 0 Å². The third kappa shape index (κ3) is 3.13. The molecule has 0 spiro atoms. The molecule has 7 heteroatoms. The van der Waals surface area contributed by atoms with Gasteiger partial charge in [0.25, 0.3) is 5.91 Å². The molecule has 1 heterocycles. The second kappa shape index (κ2) is 5.71. The largest absolute Gasteiger partial charge is 0.481 e. The van der Waals surface area contributed by atoms with Crippen LogP contribution in [-0.2, 0) is 4.79 Å². The fraction of sp³-hybridized carbons (Fsp3) is 0.455. The highest BCUT2D eigenvalue weighted by atomic mass is 79.9. The van der Waals surface area contributed by atoms with Crippen molar-refractivity contribution < 1.29 is 14.7 Å². The third-order valence-corrected chi connectivity index (χ3v) is 5.36. The van der Waals surface area contributed by atoms with Gasteiger partial charge in [-0.25, -0.2) is 0 Å². The Balaban J connectivity index is 1.97. The van der Waals surface area contributed by atoms with Crippen molar-refractivity contribution in [2.24, 2.45) is 5.92 Å². The van der Waals surface area contributed by atoms with Crippen LogP contribution >= 0.6 is 43.2 Å². The number of carbonyl (C=O) groups is 2. The van der Waals surface area contributed by atoms with Crippen molar-refractivity contribution in [3.63, 3.8) is 0 Å². The molecule has 4 nitrogen and oxygen atoms in total. The second-order valence-electron chi connectivity index (χ2n) is 4.26. The molecule has 2 N–H and O–H groups in total. The predicted octanol–water partition coefficient (Wildman–Crippen LogP) is 3.26. The minimum absolute atomic E-state index is 0.0378. The Morgan fingerprint density at radius 2 is 2.11 bits per heavy atom. The van der Waals surface area contributed by atoms with Crippen LogP contribution in [0.1, 0.15) is 29.6 Å². The molecular formula is C11H11Br2NO3S. The van der Waals surface area contributed by atoms with E-state index in [1.54, 1.807) is 6.07 Å². The molecule has 0 saturated heterocycles. The number of aliphatic carboxylic acids is 1. The number of nitrogens with one attached hydrogen (secondary N) is 1. The lowest BCUT2D eigenvalue weighted by atomic mass is 10.1. The average Bonchev–Trinajstić information content (AvgIpc) is 2.85. The average molecular weight is 397 g/mol. The number of carboxylic acids is 1. The monoisotopic (exact) mass is 395 g/mol. The molecule has 1 aromatic rings. The van der Waals surface area contributed by atoms with Gasteiger partial charge in [0.1, 0.15) is 0 Å². The van der Waals surface area contributed by atoms with E-state index >= 15 is 0 Å². The van der Waals surface area contributed by atoms with Crippen LogP contribution in [0, 0.1) is 5.92 Å². The number of thiophene rings is 1. The standard InChI is InChI=1S/C11H11Br2NO3S/c12-8-4-7(9(13)18-8)10(15)14-6-2-1-5(3-6)11(16)17/h4-6H,1-3H2,(H,14,15)(H,16,17). The highest BCUT2D eigenvalue weighted by Crippen LogP contribution is 2.32. The van der Waals surface area contributed by atoms with Gasteiger partial charge >= 0.3 is 5.97 Å². The highest BCUT2D eigenvalue weighted by Gasteiger charge is 2.31. The molecule has 1 saturated carbocycles. The summed E-state index contributed by atoms with van der Waals surface area (Å²) < 4.78 is 1.66. The Bertz CT molecular complexity index is 489. The van der Waals surface area contributed by atoms with Gasteiger partial charge in [-0.15, -0.1) is 11.3 Å². The van der Waals surface area contributed by atoms with E-state index in [9.17, 15) is 9.59 Å². The lowest BCUT2D eigenvalue weighted by Gasteiger charge is -2.11. The first-order chi connectivity index (χ1) is 8.47. The Morgan fingerprint density at radius 1 is 1.39 bits per heavy atom. The zero-order chi connectivity index (χ0) is 13.3. The first-order valence-corrected chi connectivity index (χ1v) is 7.86. The van der Waals surface area contributed by atoms with Crippen molar-refractivity contribution in [2.75, 3.05) is 0 Å². The number of halogens is 2. The van der Waals surface area contributed by atoms with E-state index in [-0.39, 0.29) is 17.9 Å². The number of amides is 1. The van der Waals surface area contributed by atoms with Gasteiger partial charge in [-0.1, -0.05) is 0 Å². The summed E-state index contributed by atoms with van der Waals surface area (Å²) in [4.78, 5) is 22.8. The van der Waals surface area contributed by atoms with Crippen LogP contribution < -0.4 is 5.32 Å². The summed E-state index contributed by atoms with van der Waals surface area (Å²) in [6.45, 7) is 0. The molecule has 1 amide bonds. The minimum Gasteiger partial charge on any atom is -0.481 e. The van der Waals surface area contributed by atoms with Crippen LogP contribution in [-0.4, -0.2) is 23.0 Å². The number of carbonyl (C=O) groups excluding carboxylic acids is 1. The molecule has 0 radical (unpaired) electrons. The van der Waals surface area contributed by atoms with Crippen LogP contribution in [0.3, 0.4) is 0 Å². The van der Waals surface area contributed by atoms with Crippen LogP contribution in [0.5, 0.6) is 0 Å². The zero-order valence-corrected chi connectivity index (χ0v) is 13.3. The SMILES string of the molecule is O=C(NC1CCC(C(=O)O)C1)c1cc(Br)sc1Br. The van der Waals surface area contributed by atoms with Gasteiger partial charge in [-0.3, -0.25) is 9.59 Å². The first kappa shape index (κ1) is 14.0. The summed E-state index contributed by atoms with van der Waals surface area (Å²) in [5.74, 6) is -1.25. The van der Waals surface area contributed by atoms with E-state index in [1.807, 2.05) is 0 Å². The second-order valence-corrected chi connectivity index (χ2v) is 8.01. The minimum atomic E-state index is -0.772. The summed E-state index contributed by atoms with van der Waals surface area (Å²) in [6, 6.07) is 1.72. The maximum atomic E-state index is 12.0. The lowest BCUT2D eigenvalue weighted by Crippen LogP contribution is -2.33. The Hall–Kier alpha value is -0.400. The number of carboxylic acid groups (broad SMARTS) is 1. The molecule has 2 rings (SSSR count). The molecule has 0 bridgehead atoms. The van der Waals surface area contributed by atoms with Gasteiger partial charge < -0.3 is 10.4 Å². The van der Waals surface area contributed by atoms with E-state index in [1.165, 1.54) is 11.3 Å². The van der Waals surface area contributed by atoms with E-state index in [0.29, 0.717) is 18.4 Å². The van der Waals surface area contributed by atoms with E-state index in [2.05, 4.69) is 37.2 Å². The fourth-order valence-electron chi connectivity index (χ4n) is 2.10. The van der Waals surface area contributed by atoms with E-state index in [0.717, 1.165) is 14.0 Å². The Labute approximate surface area is 125 Å². The highest BCUT2D eigenvalue weighted by molar-refractivity contribution is 9.12. The van der Waals surface area contributed by atoms with Crippen molar-refractivity contribution in [1.29, 1.82) is 0 Å². The molecule has 0 aliphatic heterocycles. The van der Waals surface area contributed by atoms with Gasteiger partial charge in [-0.05, 0) is 57.2 Å². The number of hydrogen-bond donors (Lipinski definition) is 2. The fourth-order valence-corrected chi connectivity index (χ4v) is 4.89. The van der Waals surface area contributed by atoms with Crippen LogP contribution in [0.25, 0.3) is 0 Å². The van der Waals surface area contributed by atoms with Crippen LogP contribution in [0.4, 0.5) is 0 Å². The third-order valence-electron chi connectivity index (χ3n) is 3.02. The number of rotatable bonds is 3. The molecule has 1 aliphatic rings. The summed E-state index contributed by atoms with van der Waals surface area (Å²) in [5.41, 5.74) is 0.589. The molecule has 1 fully saturated rings. The molecule has 18 heavy (non-hydrogen) atoms. The van der Waals surface area contributed by atoms with Gasteiger partial charge in [-0.2, -0.15) is 0 Å². The van der Waals surface area contributed by atoms with Gasteiger partial charge in [0.15, 0.2) is 0 Å². The molecule has 2 atom stereocenters. The molecule has 98 valence electrons. The van der Waals surface area contributed by atoms with Crippen molar-refractivity contribution in [1.82, 2.24) is 5.32 Å². The normalized spacial score (nSPS) is 23.0. The molecule has 1 aliphatic carbocycles. The van der Waals surface area contributed by atoms with Gasteiger partial charge in [0, 0.05) is 6.04 Å². The lowest BCUT2D eigenvalue weighted by molar-refractivity contribution is -0.141. The maximum Gasteiger partial charge on any atom is 0.306 e. The predicted molar refractivity (Wildman–Crippen MR) is 76.0 cm³/mol. The topological polar surface area (TPSA) is 66.4 Å².